The summed E-state index contributed by atoms with van der Waals surface area (Å²) >= 11 is 1.43. The number of aromatic amines is 1. The number of nitrogens with zero attached hydrogens (tertiary/aromatic N) is 3. The Morgan fingerprint density at radius 3 is 2.68 bits per heavy atom. The predicted octanol–water partition coefficient (Wildman–Crippen LogP) is 3.43. The topological polar surface area (TPSA) is 123 Å². The Balaban J connectivity index is 1.91. The van der Waals surface area contributed by atoms with Crippen LogP contribution in [0.15, 0.2) is 39.2 Å². The number of thiazole rings is 1. The maximum Gasteiger partial charge on any atom is 0.330 e. The van der Waals surface area contributed by atoms with E-state index < -0.39 is 11.2 Å². The molecule has 182 valence electrons. The van der Waals surface area contributed by atoms with Gasteiger partial charge in [-0.1, -0.05) is 32.4 Å². The number of hydrogen-bond donors (Lipinski definition) is 2. The first-order valence-electron chi connectivity index (χ1n) is 11.5. The number of unbranched alkanes of at least 4 members (excludes halogenated alkanes) is 1. The van der Waals surface area contributed by atoms with Crippen molar-refractivity contribution in [3.05, 3.63) is 56.2 Å². The molecule has 0 aliphatic heterocycles. The third-order valence-corrected chi connectivity index (χ3v) is 6.19. The molecule has 0 aliphatic carbocycles. The first-order valence-corrected chi connectivity index (χ1v) is 12.4. The highest BCUT2D eigenvalue weighted by atomic mass is 32.1. The fourth-order valence-electron chi connectivity index (χ4n) is 3.65. The maximum absolute atomic E-state index is 13.3. The summed E-state index contributed by atoms with van der Waals surface area (Å²) in [6.07, 6.45) is 2.20. The lowest BCUT2D eigenvalue weighted by Crippen LogP contribution is -2.42. The van der Waals surface area contributed by atoms with Gasteiger partial charge >= 0.3 is 5.69 Å². The Morgan fingerprint density at radius 2 is 1.97 bits per heavy atom. The van der Waals surface area contributed by atoms with Crippen LogP contribution in [0.25, 0.3) is 10.6 Å². The molecule has 0 saturated carbocycles. The molecule has 0 bridgehead atoms. The number of benzene rings is 1. The minimum absolute atomic E-state index is 0.000266. The van der Waals surface area contributed by atoms with Gasteiger partial charge in [0.2, 0.25) is 5.91 Å². The quantitative estimate of drug-likeness (QED) is 0.429. The Morgan fingerprint density at radius 1 is 1.21 bits per heavy atom. The van der Waals surface area contributed by atoms with Gasteiger partial charge in [0, 0.05) is 18.5 Å². The van der Waals surface area contributed by atoms with E-state index in [2.05, 4.69) is 9.97 Å². The summed E-state index contributed by atoms with van der Waals surface area (Å²) in [5, 5.41) is 2.58. The maximum atomic E-state index is 13.3. The third-order valence-electron chi connectivity index (χ3n) is 5.27. The van der Waals surface area contributed by atoms with E-state index in [1.165, 1.54) is 20.8 Å². The van der Waals surface area contributed by atoms with Crippen LogP contribution in [0.5, 0.6) is 5.75 Å². The van der Waals surface area contributed by atoms with Crippen LogP contribution < -0.4 is 26.6 Å². The van der Waals surface area contributed by atoms with Crippen LogP contribution in [0, 0.1) is 0 Å². The molecular formula is C24H31N5O4S. The van der Waals surface area contributed by atoms with Crippen molar-refractivity contribution in [1.29, 1.82) is 0 Å². The Hall–Kier alpha value is -3.40. The molecule has 0 radical (unpaired) electrons. The van der Waals surface area contributed by atoms with E-state index in [1.54, 1.807) is 0 Å². The average molecular weight is 486 g/mol. The van der Waals surface area contributed by atoms with Gasteiger partial charge in [-0.3, -0.25) is 19.1 Å². The van der Waals surface area contributed by atoms with Crippen molar-refractivity contribution in [3.63, 3.8) is 0 Å². The highest BCUT2D eigenvalue weighted by Gasteiger charge is 2.24. The SMILES string of the molecule is CCCCn1c(N)c(N(CCC)C(=O)Cc2csc(-c3ccccc3OCC)n2)c(=O)[nH]c1=O. The van der Waals surface area contributed by atoms with Gasteiger partial charge in [0.25, 0.3) is 5.56 Å². The van der Waals surface area contributed by atoms with E-state index in [1.807, 2.05) is 50.4 Å². The molecule has 0 saturated heterocycles. The molecule has 9 nitrogen and oxygen atoms in total. The molecule has 3 rings (SSSR count). The molecule has 0 aliphatic rings. The van der Waals surface area contributed by atoms with E-state index in [0.717, 1.165) is 29.2 Å². The van der Waals surface area contributed by atoms with E-state index in [0.29, 0.717) is 31.8 Å². The van der Waals surface area contributed by atoms with Gasteiger partial charge in [-0.2, -0.15) is 0 Å². The molecule has 0 unspecified atom stereocenters. The lowest BCUT2D eigenvalue weighted by atomic mass is 10.2. The zero-order chi connectivity index (χ0) is 24.7. The van der Waals surface area contributed by atoms with Crippen LogP contribution >= 0.6 is 11.3 Å². The zero-order valence-corrected chi connectivity index (χ0v) is 20.6. The molecule has 0 spiro atoms. The number of aromatic nitrogens is 3. The molecular weight excluding hydrogens is 454 g/mol. The molecule has 34 heavy (non-hydrogen) atoms. The fourth-order valence-corrected chi connectivity index (χ4v) is 4.50. The van der Waals surface area contributed by atoms with Gasteiger partial charge in [0.05, 0.1) is 24.3 Å². The third kappa shape index (κ3) is 5.56. The number of carbonyl (C=O) groups excluding carboxylic acids is 1. The van der Waals surface area contributed by atoms with Crippen molar-refractivity contribution in [3.8, 4) is 16.3 Å². The van der Waals surface area contributed by atoms with E-state index in [9.17, 15) is 14.4 Å². The van der Waals surface area contributed by atoms with Crippen molar-refractivity contribution < 1.29 is 9.53 Å². The normalized spacial score (nSPS) is 10.9. The molecule has 0 fully saturated rings. The number of carbonyl (C=O) groups is 1. The molecule has 3 aromatic rings. The lowest BCUT2D eigenvalue weighted by Gasteiger charge is -2.24. The molecule has 2 aromatic heterocycles. The molecule has 0 atom stereocenters. The summed E-state index contributed by atoms with van der Waals surface area (Å²) in [4.78, 5) is 46.6. The fraction of sp³-hybridized carbons (Fsp3) is 0.417. The first-order chi connectivity index (χ1) is 16.4. The number of nitrogens with one attached hydrogen (secondary N) is 1. The number of rotatable bonds is 11. The van der Waals surface area contributed by atoms with Gasteiger partial charge in [0.15, 0.2) is 5.69 Å². The second-order valence-electron chi connectivity index (χ2n) is 7.79. The Labute approximate surface area is 202 Å². The average Bonchev–Trinajstić information content (AvgIpc) is 3.27. The van der Waals surface area contributed by atoms with Crippen molar-refractivity contribution in [1.82, 2.24) is 14.5 Å². The number of nitrogens with two attached hydrogens (primary N) is 1. The van der Waals surface area contributed by atoms with Crippen LogP contribution in [0.3, 0.4) is 0 Å². The monoisotopic (exact) mass is 485 g/mol. The zero-order valence-electron chi connectivity index (χ0n) is 19.8. The second-order valence-corrected chi connectivity index (χ2v) is 8.65. The van der Waals surface area contributed by atoms with E-state index in [-0.39, 0.29) is 23.8 Å². The first kappa shape index (κ1) is 25.2. The van der Waals surface area contributed by atoms with Gasteiger partial charge in [-0.05, 0) is 31.9 Å². The second kappa shape index (κ2) is 11.6. The largest absolute Gasteiger partial charge is 0.493 e. The number of nitrogen functional groups attached to an aromatic ring is 1. The number of anilines is 2. The van der Waals surface area contributed by atoms with Gasteiger partial charge < -0.3 is 15.4 Å². The minimum Gasteiger partial charge on any atom is -0.493 e. The van der Waals surface area contributed by atoms with Crippen molar-refractivity contribution >= 4 is 28.7 Å². The molecule has 1 amide bonds. The summed E-state index contributed by atoms with van der Waals surface area (Å²) in [6.45, 7) is 7.02. The number of H-pyrrole nitrogens is 1. The number of hydrogen-bond acceptors (Lipinski definition) is 7. The summed E-state index contributed by atoms with van der Waals surface area (Å²) in [6, 6.07) is 7.63. The summed E-state index contributed by atoms with van der Waals surface area (Å²) in [7, 11) is 0. The van der Waals surface area contributed by atoms with E-state index in [4.69, 9.17) is 10.5 Å². The van der Waals surface area contributed by atoms with Crippen LogP contribution in [-0.2, 0) is 17.8 Å². The van der Waals surface area contributed by atoms with Gasteiger partial charge in [0.1, 0.15) is 16.6 Å². The minimum atomic E-state index is -0.665. The standard InChI is InChI=1S/C24H31N5O4S/c1-4-7-13-29-21(25)20(22(31)27-24(29)32)28(12-5-2)19(30)14-16-15-34-23(26-16)17-10-8-9-11-18(17)33-6-3/h8-11,15H,4-7,12-14,25H2,1-3H3,(H,27,31,32). The highest BCUT2D eigenvalue weighted by Crippen LogP contribution is 2.32. The summed E-state index contributed by atoms with van der Waals surface area (Å²) in [5.74, 6) is 0.432. The van der Waals surface area contributed by atoms with Crippen molar-refractivity contribution in [2.45, 2.75) is 53.0 Å². The van der Waals surface area contributed by atoms with E-state index >= 15 is 0 Å². The Kier molecular flexibility index (Phi) is 8.64. The number of amides is 1. The Bertz CT molecular complexity index is 1250. The van der Waals surface area contributed by atoms with Crippen molar-refractivity contribution in [2.24, 2.45) is 0 Å². The summed E-state index contributed by atoms with van der Waals surface area (Å²) < 4.78 is 7.02. The van der Waals surface area contributed by atoms with Crippen LogP contribution in [0.2, 0.25) is 0 Å². The smallest absolute Gasteiger partial charge is 0.330 e. The van der Waals surface area contributed by atoms with Crippen molar-refractivity contribution in [2.75, 3.05) is 23.8 Å². The summed E-state index contributed by atoms with van der Waals surface area (Å²) in [5.41, 5.74) is 6.47. The van der Waals surface area contributed by atoms with Crippen LogP contribution in [0.1, 0.15) is 45.7 Å². The number of para-hydroxylation sites is 1. The van der Waals surface area contributed by atoms with Gasteiger partial charge in [-0.25, -0.2) is 9.78 Å². The van der Waals surface area contributed by atoms with Crippen LogP contribution in [0.4, 0.5) is 11.5 Å². The molecule has 10 heteroatoms. The van der Waals surface area contributed by atoms with Crippen LogP contribution in [-0.4, -0.2) is 33.6 Å². The predicted molar refractivity (Wildman–Crippen MR) is 136 cm³/mol. The molecule has 1 aromatic carbocycles. The highest BCUT2D eigenvalue weighted by molar-refractivity contribution is 7.13. The number of ether oxygens (including phenoxy) is 1. The lowest BCUT2D eigenvalue weighted by molar-refractivity contribution is -0.118. The van der Waals surface area contributed by atoms with Gasteiger partial charge in [-0.15, -0.1) is 11.3 Å². The molecule has 2 heterocycles. The molecule has 3 N–H and O–H groups in total.